The maximum atomic E-state index is 12.5. The van der Waals surface area contributed by atoms with Crippen molar-refractivity contribution >= 4 is 11.9 Å². The molecule has 2 rings (SSSR count). The molecule has 0 saturated carbocycles. The van der Waals surface area contributed by atoms with Crippen LogP contribution in [0.5, 0.6) is 0 Å². The van der Waals surface area contributed by atoms with Crippen LogP contribution in [0.2, 0.25) is 0 Å². The van der Waals surface area contributed by atoms with Gasteiger partial charge in [-0.2, -0.15) is 13.2 Å². The van der Waals surface area contributed by atoms with Gasteiger partial charge in [-0.3, -0.25) is 9.59 Å². The van der Waals surface area contributed by atoms with E-state index in [1.807, 2.05) is 0 Å². The second-order valence-corrected chi connectivity index (χ2v) is 4.71. The zero-order valence-electron chi connectivity index (χ0n) is 10.4. The molecule has 1 aliphatic heterocycles. The number of carboxylic acid groups (broad SMARTS) is 1. The number of alkyl halides is 3. The predicted octanol–water partition coefficient (Wildman–Crippen LogP) is 1.79. The monoisotopic (exact) mass is 287 g/mol. The number of nitrogens with zero attached hydrogens (tertiary/aromatic N) is 1. The van der Waals surface area contributed by atoms with Crippen LogP contribution < -0.4 is 0 Å². The molecular formula is C13H12F3NO3. The zero-order valence-corrected chi connectivity index (χ0v) is 10.4. The van der Waals surface area contributed by atoms with E-state index < -0.39 is 23.6 Å². The Bertz CT molecular complexity index is 536. The van der Waals surface area contributed by atoms with E-state index in [2.05, 4.69) is 0 Å². The van der Waals surface area contributed by atoms with Crippen molar-refractivity contribution in [2.24, 2.45) is 5.92 Å². The molecule has 1 amide bonds. The minimum atomic E-state index is -4.44. The number of rotatable bonds is 3. The van der Waals surface area contributed by atoms with Gasteiger partial charge >= 0.3 is 12.1 Å². The van der Waals surface area contributed by atoms with Crippen LogP contribution in [-0.4, -0.2) is 35.0 Å². The molecule has 0 radical (unpaired) electrons. The molecular weight excluding hydrogens is 275 g/mol. The number of aliphatic carboxylic acids is 1. The van der Waals surface area contributed by atoms with Crippen LogP contribution in [0, 0.1) is 5.92 Å². The Morgan fingerprint density at radius 1 is 1.30 bits per heavy atom. The molecule has 7 heteroatoms. The first-order valence-corrected chi connectivity index (χ1v) is 5.94. The molecule has 1 aromatic carbocycles. The number of carbonyl (C=O) groups excluding carboxylic acids is 1. The summed E-state index contributed by atoms with van der Waals surface area (Å²) in [5, 5.41) is 8.69. The molecule has 4 nitrogen and oxygen atoms in total. The van der Waals surface area contributed by atoms with Crippen LogP contribution in [0.4, 0.5) is 13.2 Å². The number of likely N-dealkylation sites (tertiary alicyclic amines) is 1. The van der Waals surface area contributed by atoms with Gasteiger partial charge in [0.15, 0.2) is 0 Å². The van der Waals surface area contributed by atoms with Gasteiger partial charge in [0.25, 0.3) is 0 Å². The number of hydrogen-bond donors (Lipinski definition) is 1. The zero-order chi connectivity index (χ0) is 14.9. The van der Waals surface area contributed by atoms with E-state index in [1.165, 1.54) is 17.0 Å². The summed E-state index contributed by atoms with van der Waals surface area (Å²) in [6.07, 6.45) is -4.60. The lowest BCUT2D eigenvalue weighted by atomic mass is 9.99. The van der Waals surface area contributed by atoms with Gasteiger partial charge in [-0.25, -0.2) is 0 Å². The molecule has 0 unspecified atom stereocenters. The molecule has 0 aromatic heterocycles. The minimum absolute atomic E-state index is 0.118. The van der Waals surface area contributed by atoms with Gasteiger partial charge in [0.2, 0.25) is 5.91 Å². The van der Waals surface area contributed by atoms with E-state index in [0.717, 1.165) is 12.1 Å². The lowest BCUT2D eigenvalue weighted by Crippen LogP contribution is -2.53. The van der Waals surface area contributed by atoms with Crippen LogP contribution in [0.15, 0.2) is 24.3 Å². The Hall–Kier alpha value is -2.05. The highest BCUT2D eigenvalue weighted by atomic mass is 19.4. The summed E-state index contributed by atoms with van der Waals surface area (Å²) in [6, 6.07) is 4.58. The van der Waals surface area contributed by atoms with Crippen molar-refractivity contribution in [3.63, 3.8) is 0 Å². The van der Waals surface area contributed by atoms with Crippen molar-refractivity contribution in [2.75, 3.05) is 13.1 Å². The summed E-state index contributed by atoms with van der Waals surface area (Å²) in [4.78, 5) is 23.7. The molecule has 1 N–H and O–H groups in total. The van der Waals surface area contributed by atoms with E-state index in [4.69, 9.17) is 5.11 Å². The third-order valence-electron chi connectivity index (χ3n) is 3.19. The van der Waals surface area contributed by atoms with Crippen molar-refractivity contribution in [3.8, 4) is 0 Å². The predicted molar refractivity (Wildman–Crippen MR) is 62.9 cm³/mol. The fraction of sp³-hybridized carbons (Fsp3) is 0.385. The quantitative estimate of drug-likeness (QED) is 0.922. The number of hydrogen-bond acceptors (Lipinski definition) is 2. The number of halogens is 3. The van der Waals surface area contributed by atoms with E-state index in [-0.39, 0.29) is 31.0 Å². The Morgan fingerprint density at radius 2 is 1.95 bits per heavy atom. The molecule has 1 saturated heterocycles. The van der Waals surface area contributed by atoms with Crippen LogP contribution in [0.3, 0.4) is 0 Å². The highest BCUT2D eigenvalue weighted by Crippen LogP contribution is 2.29. The third kappa shape index (κ3) is 3.09. The van der Waals surface area contributed by atoms with Crippen molar-refractivity contribution in [1.82, 2.24) is 4.90 Å². The third-order valence-corrected chi connectivity index (χ3v) is 3.19. The van der Waals surface area contributed by atoms with Crippen LogP contribution >= 0.6 is 0 Å². The molecule has 1 heterocycles. The van der Waals surface area contributed by atoms with Gasteiger partial charge in [-0.15, -0.1) is 0 Å². The second kappa shape index (κ2) is 5.15. The normalized spacial score (nSPS) is 15.8. The maximum Gasteiger partial charge on any atom is 0.416 e. The fourth-order valence-corrected chi connectivity index (χ4v) is 1.98. The summed E-state index contributed by atoms with van der Waals surface area (Å²) in [7, 11) is 0. The molecule has 20 heavy (non-hydrogen) atoms. The Kier molecular flexibility index (Phi) is 3.69. The van der Waals surface area contributed by atoms with Crippen molar-refractivity contribution in [2.45, 2.75) is 12.6 Å². The summed E-state index contributed by atoms with van der Waals surface area (Å²) in [6.45, 7) is 0.236. The van der Waals surface area contributed by atoms with Gasteiger partial charge in [-0.1, -0.05) is 18.2 Å². The van der Waals surface area contributed by atoms with Crippen LogP contribution in [-0.2, 0) is 22.2 Å². The van der Waals surface area contributed by atoms with Gasteiger partial charge in [0.05, 0.1) is 17.9 Å². The SMILES string of the molecule is O=C(O)C1CN(C(=O)Cc2cccc(C(F)(F)F)c2)C1. The average molecular weight is 287 g/mol. The number of benzene rings is 1. The van der Waals surface area contributed by atoms with Crippen molar-refractivity contribution < 1.29 is 27.9 Å². The van der Waals surface area contributed by atoms with E-state index >= 15 is 0 Å². The molecule has 1 fully saturated rings. The summed E-state index contributed by atoms with van der Waals surface area (Å²) in [5.41, 5.74) is -0.529. The van der Waals surface area contributed by atoms with Gasteiger partial charge in [-0.05, 0) is 11.6 Å². The first-order valence-electron chi connectivity index (χ1n) is 5.94. The van der Waals surface area contributed by atoms with E-state index in [9.17, 15) is 22.8 Å². The molecule has 1 aliphatic rings. The molecule has 1 aromatic rings. The highest BCUT2D eigenvalue weighted by molar-refractivity contribution is 5.82. The topological polar surface area (TPSA) is 57.6 Å². The first-order chi connectivity index (χ1) is 9.27. The second-order valence-electron chi connectivity index (χ2n) is 4.71. The maximum absolute atomic E-state index is 12.5. The lowest BCUT2D eigenvalue weighted by Gasteiger charge is -2.36. The van der Waals surface area contributed by atoms with Gasteiger partial charge in [0.1, 0.15) is 0 Å². The number of carbonyl (C=O) groups is 2. The molecule has 0 atom stereocenters. The van der Waals surface area contributed by atoms with Crippen molar-refractivity contribution in [1.29, 1.82) is 0 Å². The molecule has 0 bridgehead atoms. The van der Waals surface area contributed by atoms with Crippen LogP contribution in [0.25, 0.3) is 0 Å². The number of amides is 1. The summed E-state index contributed by atoms with van der Waals surface area (Å²) < 4.78 is 37.6. The highest BCUT2D eigenvalue weighted by Gasteiger charge is 2.35. The Labute approximate surface area is 112 Å². The summed E-state index contributed by atoms with van der Waals surface area (Å²) in [5.74, 6) is -1.89. The smallest absolute Gasteiger partial charge is 0.416 e. The largest absolute Gasteiger partial charge is 0.481 e. The van der Waals surface area contributed by atoms with Crippen LogP contribution in [0.1, 0.15) is 11.1 Å². The summed E-state index contributed by atoms with van der Waals surface area (Å²) >= 11 is 0. The Balaban J connectivity index is 1.97. The van der Waals surface area contributed by atoms with Crippen molar-refractivity contribution in [3.05, 3.63) is 35.4 Å². The molecule has 108 valence electrons. The number of carboxylic acids is 1. The Morgan fingerprint density at radius 3 is 2.50 bits per heavy atom. The average Bonchev–Trinajstić information content (AvgIpc) is 2.25. The van der Waals surface area contributed by atoms with E-state index in [0.29, 0.717) is 0 Å². The minimum Gasteiger partial charge on any atom is -0.481 e. The molecule has 0 spiro atoms. The first kappa shape index (κ1) is 14.4. The standard InChI is InChI=1S/C13H12F3NO3/c14-13(15,16)10-3-1-2-8(4-10)5-11(18)17-6-9(7-17)12(19)20/h1-4,9H,5-7H2,(H,19,20). The lowest BCUT2D eigenvalue weighted by molar-refractivity contribution is -0.152. The van der Waals surface area contributed by atoms with Gasteiger partial charge < -0.3 is 10.0 Å². The fourth-order valence-electron chi connectivity index (χ4n) is 1.98. The van der Waals surface area contributed by atoms with E-state index in [1.54, 1.807) is 0 Å². The van der Waals surface area contributed by atoms with Gasteiger partial charge in [0, 0.05) is 13.1 Å². The molecule has 0 aliphatic carbocycles.